The molecule has 1 saturated heterocycles. The van der Waals surface area contributed by atoms with Crippen LogP contribution in [0.25, 0.3) is 11.2 Å². The van der Waals surface area contributed by atoms with Crippen LogP contribution in [-0.2, 0) is 11.3 Å². The first-order chi connectivity index (χ1) is 11.5. The molecule has 0 saturated carbocycles. The lowest BCUT2D eigenvalue weighted by molar-refractivity contribution is -0.136. The van der Waals surface area contributed by atoms with E-state index in [4.69, 9.17) is 0 Å². The van der Waals surface area contributed by atoms with E-state index >= 15 is 0 Å². The molecule has 24 heavy (non-hydrogen) atoms. The topological polar surface area (TPSA) is 96.8 Å². The van der Waals surface area contributed by atoms with Gasteiger partial charge < -0.3 is 9.88 Å². The Morgan fingerprint density at radius 1 is 1.38 bits per heavy atom. The zero-order valence-electron chi connectivity index (χ0n) is 14.4. The van der Waals surface area contributed by atoms with Gasteiger partial charge in [-0.1, -0.05) is 19.1 Å². The fourth-order valence-electron chi connectivity index (χ4n) is 3.49. The molecule has 3 rings (SSSR count). The first kappa shape index (κ1) is 16.6. The molecule has 0 radical (unpaired) electrons. The number of hydrogen-bond acceptors (Lipinski definition) is 5. The summed E-state index contributed by atoms with van der Waals surface area (Å²) in [4.78, 5) is 33.6. The highest BCUT2D eigenvalue weighted by molar-refractivity contribution is 5.79. The second-order valence-electron chi connectivity index (χ2n) is 6.44. The normalized spacial score (nSPS) is 18.0. The van der Waals surface area contributed by atoms with Crippen molar-refractivity contribution in [1.29, 1.82) is 0 Å². The number of amides is 1. The van der Waals surface area contributed by atoms with Gasteiger partial charge in [0, 0.05) is 12.5 Å². The molecule has 0 bridgehead atoms. The molecule has 0 unspecified atom stereocenters. The lowest BCUT2D eigenvalue weighted by atomic mass is 10.0. The van der Waals surface area contributed by atoms with E-state index in [0.717, 1.165) is 32.2 Å². The number of carbonyl (C=O) groups excluding carboxylic acids is 1. The minimum absolute atomic E-state index is 0.0845. The third-order valence-corrected chi connectivity index (χ3v) is 4.87. The number of carbonyl (C=O) groups is 1. The van der Waals surface area contributed by atoms with Gasteiger partial charge in [-0.3, -0.25) is 9.59 Å². The second kappa shape index (κ2) is 6.70. The fourth-order valence-corrected chi connectivity index (χ4v) is 3.49. The van der Waals surface area contributed by atoms with Crippen LogP contribution in [0.2, 0.25) is 0 Å². The SMILES string of the molecule is CCC(CC)C(=O)N1CCC[C@@H]1Cn1nnc2c(=O)[nH]c(C)nc21. The molecular weight excluding hydrogens is 308 g/mol. The van der Waals surface area contributed by atoms with Crippen LogP contribution in [0.15, 0.2) is 4.79 Å². The standard InChI is InChI=1S/C16H24N6O2/c1-4-11(5-2)16(24)21-8-6-7-12(21)9-22-14-13(19-20-22)15(23)18-10(3)17-14/h11-12H,4-9H2,1-3H3,(H,17,18,23)/t12-/m1/s1. The summed E-state index contributed by atoms with van der Waals surface area (Å²) in [5, 5.41) is 8.03. The third-order valence-electron chi connectivity index (χ3n) is 4.87. The quantitative estimate of drug-likeness (QED) is 0.889. The van der Waals surface area contributed by atoms with Crippen molar-refractivity contribution < 1.29 is 4.79 Å². The molecule has 8 nitrogen and oxygen atoms in total. The fraction of sp³-hybridized carbons (Fsp3) is 0.688. The molecule has 2 aromatic rings. The minimum Gasteiger partial charge on any atom is -0.338 e. The number of aromatic amines is 1. The number of aromatic nitrogens is 5. The first-order valence-electron chi connectivity index (χ1n) is 8.65. The van der Waals surface area contributed by atoms with Crippen molar-refractivity contribution in [2.75, 3.05) is 6.54 Å². The number of fused-ring (bicyclic) bond motifs is 1. The Bertz CT molecular complexity index is 791. The van der Waals surface area contributed by atoms with E-state index in [1.165, 1.54) is 0 Å². The van der Waals surface area contributed by atoms with Crippen LogP contribution >= 0.6 is 0 Å². The highest BCUT2D eigenvalue weighted by Crippen LogP contribution is 2.24. The second-order valence-corrected chi connectivity index (χ2v) is 6.44. The number of hydrogen-bond donors (Lipinski definition) is 1. The molecule has 1 fully saturated rings. The summed E-state index contributed by atoms with van der Waals surface area (Å²) in [7, 11) is 0. The van der Waals surface area contributed by atoms with Gasteiger partial charge in [-0.25, -0.2) is 9.67 Å². The van der Waals surface area contributed by atoms with Gasteiger partial charge in [0.25, 0.3) is 5.56 Å². The molecule has 0 spiro atoms. The van der Waals surface area contributed by atoms with Crippen molar-refractivity contribution in [3.8, 4) is 0 Å². The van der Waals surface area contributed by atoms with Gasteiger partial charge in [0.1, 0.15) is 5.82 Å². The summed E-state index contributed by atoms with van der Waals surface area (Å²) >= 11 is 0. The average Bonchev–Trinajstić information content (AvgIpc) is 3.16. The Morgan fingerprint density at radius 2 is 2.12 bits per heavy atom. The predicted octanol–water partition coefficient (Wildman–Crippen LogP) is 1.25. The van der Waals surface area contributed by atoms with Crippen molar-refractivity contribution in [3.05, 3.63) is 16.2 Å². The summed E-state index contributed by atoms with van der Waals surface area (Å²) in [6.07, 6.45) is 3.66. The number of nitrogens with one attached hydrogen (secondary N) is 1. The Hall–Kier alpha value is -2.25. The van der Waals surface area contributed by atoms with Gasteiger partial charge in [0.05, 0.1) is 12.6 Å². The van der Waals surface area contributed by atoms with Gasteiger partial charge >= 0.3 is 0 Å². The van der Waals surface area contributed by atoms with E-state index in [1.807, 2.05) is 4.90 Å². The molecule has 0 aromatic carbocycles. The monoisotopic (exact) mass is 332 g/mol. The lowest BCUT2D eigenvalue weighted by Crippen LogP contribution is -2.41. The van der Waals surface area contributed by atoms with Crippen LogP contribution in [0.3, 0.4) is 0 Å². The summed E-state index contributed by atoms with van der Waals surface area (Å²) in [5.41, 5.74) is 0.453. The van der Waals surface area contributed by atoms with E-state index in [-0.39, 0.29) is 28.9 Å². The molecule has 1 amide bonds. The Balaban J connectivity index is 1.85. The number of aryl methyl sites for hydroxylation is 1. The molecule has 1 N–H and O–H groups in total. The molecule has 1 atom stereocenters. The summed E-state index contributed by atoms with van der Waals surface area (Å²) in [5.74, 6) is 0.850. The molecule has 2 aromatic heterocycles. The third kappa shape index (κ3) is 2.92. The molecule has 3 heterocycles. The van der Waals surface area contributed by atoms with Crippen LogP contribution in [0.5, 0.6) is 0 Å². The Morgan fingerprint density at radius 3 is 2.83 bits per heavy atom. The maximum absolute atomic E-state index is 12.7. The van der Waals surface area contributed by atoms with E-state index in [1.54, 1.807) is 11.6 Å². The van der Waals surface area contributed by atoms with Crippen molar-refractivity contribution in [2.45, 2.75) is 59.0 Å². The largest absolute Gasteiger partial charge is 0.338 e. The smallest absolute Gasteiger partial charge is 0.281 e. The van der Waals surface area contributed by atoms with Crippen LogP contribution < -0.4 is 5.56 Å². The van der Waals surface area contributed by atoms with Crippen LogP contribution in [0.1, 0.15) is 45.4 Å². The van der Waals surface area contributed by atoms with Gasteiger partial charge in [-0.05, 0) is 32.6 Å². The minimum atomic E-state index is -0.278. The molecular formula is C16H24N6O2. The van der Waals surface area contributed by atoms with Gasteiger partial charge in [-0.2, -0.15) is 0 Å². The maximum atomic E-state index is 12.7. The molecule has 130 valence electrons. The highest BCUT2D eigenvalue weighted by atomic mass is 16.2. The van der Waals surface area contributed by atoms with Crippen LogP contribution in [0, 0.1) is 12.8 Å². The zero-order valence-corrected chi connectivity index (χ0v) is 14.4. The van der Waals surface area contributed by atoms with E-state index < -0.39 is 0 Å². The van der Waals surface area contributed by atoms with E-state index in [9.17, 15) is 9.59 Å². The van der Waals surface area contributed by atoms with Gasteiger partial charge in [-0.15, -0.1) is 5.10 Å². The molecule has 1 aliphatic heterocycles. The maximum Gasteiger partial charge on any atom is 0.281 e. The summed E-state index contributed by atoms with van der Waals surface area (Å²) in [6.45, 7) is 7.16. The van der Waals surface area contributed by atoms with Crippen LogP contribution in [0.4, 0.5) is 0 Å². The number of likely N-dealkylation sites (tertiary alicyclic amines) is 1. The van der Waals surface area contributed by atoms with Crippen molar-refractivity contribution in [1.82, 2.24) is 29.9 Å². The zero-order chi connectivity index (χ0) is 17.3. The first-order valence-corrected chi connectivity index (χ1v) is 8.65. The van der Waals surface area contributed by atoms with Gasteiger partial charge in [0.2, 0.25) is 5.91 Å². The lowest BCUT2D eigenvalue weighted by Gasteiger charge is -2.28. The molecule has 0 aliphatic carbocycles. The van der Waals surface area contributed by atoms with Gasteiger partial charge in [0.15, 0.2) is 11.2 Å². The Kier molecular flexibility index (Phi) is 4.64. The van der Waals surface area contributed by atoms with Crippen molar-refractivity contribution in [3.63, 3.8) is 0 Å². The summed E-state index contributed by atoms with van der Waals surface area (Å²) < 4.78 is 1.65. The number of nitrogens with zero attached hydrogens (tertiary/aromatic N) is 5. The number of H-pyrrole nitrogens is 1. The highest BCUT2D eigenvalue weighted by Gasteiger charge is 2.32. The average molecular weight is 332 g/mol. The van der Waals surface area contributed by atoms with E-state index in [0.29, 0.717) is 18.0 Å². The van der Waals surface area contributed by atoms with Crippen molar-refractivity contribution >= 4 is 17.1 Å². The molecule has 1 aliphatic rings. The predicted molar refractivity (Wildman–Crippen MR) is 89.5 cm³/mol. The summed E-state index contributed by atoms with van der Waals surface area (Å²) in [6, 6.07) is 0.0874. The van der Waals surface area contributed by atoms with E-state index in [2.05, 4.69) is 34.1 Å². The molecule has 8 heteroatoms. The Labute approximate surface area is 140 Å². The van der Waals surface area contributed by atoms with Crippen LogP contribution in [-0.4, -0.2) is 48.4 Å². The number of rotatable bonds is 5. The van der Waals surface area contributed by atoms with Crippen molar-refractivity contribution in [2.24, 2.45) is 5.92 Å².